The van der Waals surface area contributed by atoms with Gasteiger partial charge in [0.1, 0.15) is 28.6 Å². The van der Waals surface area contributed by atoms with E-state index in [0.29, 0.717) is 16.7 Å². The topological polar surface area (TPSA) is 178 Å². The number of primary amides is 1. The Morgan fingerprint density at radius 2 is 1.78 bits per heavy atom. The van der Waals surface area contributed by atoms with E-state index in [2.05, 4.69) is 11.8 Å². The van der Waals surface area contributed by atoms with Gasteiger partial charge in [0.15, 0.2) is 11.4 Å². The van der Waals surface area contributed by atoms with E-state index < -0.39 is 52.0 Å². The number of nitrogens with two attached hydrogens (primary N) is 1. The molecule has 7 N–H and O–H groups in total. The van der Waals surface area contributed by atoms with Gasteiger partial charge in [-0.2, -0.15) is 0 Å². The summed E-state index contributed by atoms with van der Waals surface area (Å²) in [4.78, 5) is 37.7. The molecule has 2 aromatic rings. The number of phenols is 2. The van der Waals surface area contributed by atoms with E-state index >= 15 is 0 Å². The highest BCUT2D eigenvalue weighted by Gasteiger charge is 2.60. The Labute approximate surface area is 204 Å². The first-order valence-corrected chi connectivity index (χ1v) is 11.2. The third-order valence-electron chi connectivity index (χ3n) is 7.13. The molecule has 0 bridgehead atoms. The Kier molecular flexibility index (Phi) is 5.16. The molecule has 3 aliphatic carbocycles. The second kappa shape index (κ2) is 8.00. The van der Waals surface area contributed by atoms with Crippen molar-refractivity contribution in [1.29, 1.82) is 0 Å². The molecule has 1 amide bonds. The van der Waals surface area contributed by atoms with Gasteiger partial charge in [0.25, 0.3) is 5.91 Å². The molecule has 3 aliphatic rings. The highest BCUT2D eigenvalue weighted by atomic mass is 16.3. The first-order chi connectivity index (χ1) is 17.0. The summed E-state index contributed by atoms with van der Waals surface area (Å²) in [7, 11) is 0. The molecule has 1 fully saturated rings. The Morgan fingerprint density at radius 1 is 1.03 bits per heavy atom. The molecule has 5 rings (SSSR count). The second-order valence-corrected chi connectivity index (χ2v) is 9.19. The smallest absolute Gasteiger partial charge is 0.255 e. The van der Waals surface area contributed by atoms with Crippen LogP contribution in [0.4, 0.5) is 0 Å². The molecule has 9 nitrogen and oxygen atoms in total. The van der Waals surface area contributed by atoms with Gasteiger partial charge in [0.05, 0.1) is 5.56 Å². The molecule has 0 saturated heterocycles. The Bertz CT molecular complexity index is 1510. The maximum atomic E-state index is 13.5. The van der Waals surface area contributed by atoms with E-state index in [0.717, 1.165) is 0 Å². The van der Waals surface area contributed by atoms with Crippen LogP contribution in [0.2, 0.25) is 0 Å². The average molecular weight is 487 g/mol. The summed E-state index contributed by atoms with van der Waals surface area (Å²) < 4.78 is 0. The van der Waals surface area contributed by atoms with Gasteiger partial charge in [-0.15, -0.1) is 0 Å². The minimum atomic E-state index is -2.60. The van der Waals surface area contributed by atoms with Crippen molar-refractivity contribution >= 4 is 23.2 Å². The van der Waals surface area contributed by atoms with Gasteiger partial charge in [0, 0.05) is 29.0 Å². The van der Waals surface area contributed by atoms with Crippen molar-refractivity contribution in [3.8, 4) is 23.3 Å². The number of aliphatic hydroxyl groups excluding tert-OH is 2. The molecule has 36 heavy (non-hydrogen) atoms. The molecular weight excluding hydrogens is 466 g/mol. The summed E-state index contributed by atoms with van der Waals surface area (Å²) in [5.41, 5.74) is 3.02. The standard InChI is InChI=1S/C27H21NO8/c28-26(35)22-19(31)11-15-9-14-10-17-13(5-4-12-2-1-3-16(29)8-12)6-7-18(30)21(17)23(32)20(14)24(33)27(15,36)25(22)34/h1-3,6-8,14-15,29-30,32,34,36H,9-11H2,(H2,28,35)/t14-,15+,27+/m1/s1. The number of amides is 1. The zero-order chi connectivity index (χ0) is 25.9. The van der Waals surface area contributed by atoms with Gasteiger partial charge < -0.3 is 31.3 Å². The van der Waals surface area contributed by atoms with Gasteiger partial charge in [-0.3, -0.25) is 14.4 Å². The third-order valence-corrected chi connectivity index (χ3v) is 7.13. The minimum absolute atomic E-state index is 0.0233. The number of carbonyl (C=O) groups is 3. The van der Waals surface area contributed by atoms with Crippen molar-refractivity contribution in [3.63, 3.8) is 0 Å². The van der Waals surface area contributed by atoms with Crippen molar-refractivity contribution in [3.05, 3.63) is 75.6 Å². The van der Waals surface area contributed by atoms with Gasteiger partial charge in [-0.05, 0) is 54.7 Å². The molecule has 0 radical (unpaired) electrons. The maximum absolute atomic E-state index is 13.5. The lowest BCUT2D eigenvalue weighted by Crippen LogP contribution is -2.58. The van der Waals surface area contributed by atoms with Crippen LogP contribution in [0.1, 0.15) is 35.1 Å². The number of Topliss-reactive ketones (excluding diaryl/α,β-unsaturated/α-hetero) is 2. The van der Waals surface area contributed by atoms with Crippen molar-refractivity contribution in [2.45, 2.75) is 24.9 Å². The van der Waals surface area contributed by atoms with Crippen molar-refractivity contribution < 1.29 is 39.9 Å². The molecule has 0 heterocycles. The van der Waals surface area contributed by atoms with E-state index in [-0.39, 0.29) is 41.9 Å². The van der Waals surface area contributed by atoms with E-state index in [1.54, 1.807) is 18.2 Å². The fourth-order valence-electron chi connectivity index (χ4n) is 5.46. The quantitative estimate of drug-likeness (QED) is 0.259. The lowest BCUT2D eigenvalue weighted by molar-refractivity contribution is -0.147. The van der Waals surface area contributed by atoms with E-state index in [1.165, 1.54) is 18.2 Å². The molecule has 2 aromatic carbocycles. The Morgan fingerprint density at radius 3 is 2.47 bits per heavy atom. The van der Waals surface area contributed by atoms with Crippen LogP contribution in [0.3, 0.4) is 0 Å². The number of fused-ring (bicyclic) bond motifs is 3. The number of hydrogen-bond donors (Lipinski definition) is 6. The molecule has 182 valence electrons. The maximum Gasteiger partial charge on any atom is 0.255 e. The lowest BCUT2D eigenvalue weighted by Gasteiger charge is -2.46. The molecule has 0 aliphatic heterocycles. The van der Waals surface area contributed by atoms with Crippen molar-refractivity contribution in [2.75, 3.05) is 0 Å². The number of carbonyl (C=O) groups excluding carboxylic acids is 3. The summed E-state index contributed by atoms with van der Waals surface area (Å²) in [6, 6.07) is 9.22. The molecule has 9 heteroatoms. The van der Waals surface area contributed by atoms with Crippen LogP contribution in [-0.4, -0.2) is 48.6 Å². The van der Waals surface area contributed by atoms with Crippen LogP contribution in [0, 0.1) is 23.7 Å². The fraction of sp³-hybridized carbons (Fsp3) is 0.222. The van der Waals surface area contributed by atoms with Crippen LogP contribution in [0.5, 0.6) is 11.5 Å². The molecular formula is C27H21NO8. The van der Waals surface area contributed by atoms with Crippen LogP contribution in [0.15, 0.2) is 53.3 Å². The van der Waals surface area contributed by atoms with E-state index in [9.17, 15) is 39.9 Å². The fourth-order valence-corrected chi connectivity index (χ4v) is 5.46. The van der Waals surface area contributed by atoms with Gasteiger partial charge in [0.2, 0.25) is 5.78 Å². The van der Waals surface area contributed by atoms with Gasteiger partial charge >= 0.3 is 0 Å². The first kappa shape index (κ1) is 23.2. The summed E-state index contributed by atoms with van der Waals surface area (Å²) in [5, 5.41) is 53.2. The number of benzene rings is 2. The lowest BCUT2D eigenvalue weighted by atomic mass is 9.59. The normalized spacial score (nSPS) is 24.9. The van der Waals surface area contributed by atoms with Gasteiger partial charge in [-0.1, -0.05) is 17.9 Å². The largest absolute Gasteiger partial charge is 0.508 e. The predicted molar refractivity (Wildman–Crippen MR) is 125 cm³/mol. The van der Waals surface area contributed by atoms with Crippen LogP contribution < -0.4 is 5.73 Å². The number of ketones is 2. The zero-order valence-corrected chi connectivity index (χ0v) is 18.8. The van der Waals surface area contributed by atoms with Crippen molar-refractivity contribution in [2.24, 2.45) is 17.6 Å². The molecule has 0 spiro atoms. The summed E-state index contributed by atoms with van der Waals surface area (Å²) >= 11 is 0. The minimum Gasteiger partial charge on any atom is -0.508 e. The van der Waals surface area contributed by atoms with Crippen LogP contribution >= 0.6 is 0 Å². The molecule has 0 unspecified atom stereocenters. The highest BCUT2D eigenvalue weighted by molar-refractivity contribution is 6.22. The highest BCUT2D eigenvalue weighted by Crippen LogP contribution is 2.52. The molecule has 0 aromatic heterocycles. The van der Waals surface area contributed by atoms with Crippen LogP contribution in [0.25, 0.3) is 5.76 Å². The summed E-state index contributed by atoms with van der Waals surface area (Å²) in [5.74, 6) is -0.816. The number of aliphatic hydroxyl groups is 3. The third kappa shape index (κ3) is 3.26. The monoisotopic (exact) mass is 487 g/mol. The first-order valence-electron chi connectivity index (χ1n) is 11.2. The number of phenolic OH excluding ortho intramolecular Hbond substituents is 2. The summed E-state index contributed by atoms with van der Waals surface area (Å²) in [6.45, 7) is 0. The van der Waals surface area contributed by atoms with E-state index in [4.69, 9.17) is 5.73 Å². The Balaban J connectivity index is 1.65. The zero-order valence-electron chi connectivity index (χ0n) is 18.8. The molecule has 3 atom stereocenters. The van der Waals surface area contributed by atoms with E-state index in [1.807, 2.05) is 0 Å². The summed E-state index contributed by atoms with van der Waals surface area (Å²) in [6.07, 6.45) is -0.184. The van der Waals surface area contributed by atoms with Crippen molar-refractivity contribution in [1.82, 2.24) is 0 Å². The van der Waals surface area contributed by atoms with Crippen LogP contribution in [-0.2, 0) is 20.8 Å². The Hall–Kier alpha value is -4.55. The predicted octanol–water partition coefficient (Wildman–Crippen LogP) is 1.53. The SMILES string of the molecule is NC(=O)C1=C(O)[C@@]2(O)C(=O)C3=C(O)c4c(O)ccc(C#Cc5cccc(O)c5)c4C[C@H]3C[C@H]2CC1=O. The van der Waals surface area contributed by atoms with Gasteiger partial charge in [-0.25, -0.2) is 0 Å². The molecule has 1 saturated carbocycles. The second-order valence-electron chi connectivity index (χ2n) is 9.19. The number of rotatable bonds is 1. The number of hydrogen-bond acceptors (Lipinski definition) is 8. The average Bonchev–Trinajstić information content (AvgIpc) is 2.80. The number of aromatic hydroxyl groups is 2.